The predicted octanol–water partition coefficient (Wildman–Crippen LogP) is 1.80. The lowest BCUT2D eigenvalue weighted by Gasteiger charge is -2.20. The van der Waals surface area contributed by atoms with Gasteiger partial charge >= 0.3 is 6.18 Å². The van der Waals surface area contributed by atoms with Crippen LogP contribution in [0.5, 0.6) is 0 Å². The van der Waals surface area contributed by atoms with Gasteiger partial charge in [0.25, 0.3) is 0 Å². The zero-order valence-corrected chi connectivity index (χ0v) is 8.82. The summed E-state index contributed by atoms with van der Waals surface area (Å²) in [5.41, 5.74) is 6.66. The van der Waals surface area contributed by atoms with Crippen LogP contribution < -0.4 is 10.6 Å². The molecule has 0 radical (unpaired) electrons. The number of aromatic nitrogens is 2. The number of rotatable bonds is 2. The van der Waals surface area contributed by atoms with E-state index in [-0.39, 0.29) is 16.7 Å². The summed E-state index contributed by atoms with van der Waals surface area (Å²) in [5.74, 6) is 0. The predicted molar refractivity (Wildman–Crippen MR) is 55.5 cm³/mol. The van der Waals surface area contributed by atoms with E-state index in [2.05, 4.69) is 14.9 Å². The molecule has 1 heterocycles. The second-order valence-corrected chi connectivity index (χ2v) is 3.61. The Hall–Kier alpha value is -1.99. The van der Waals surface area contributed by atoms with Gasteiger partial charge in [0.2, 0.25) is 0 Å². The minimum Gasteiger partial charge on any atom is -0.397 e. The molecule has 0 spiro atoms. The van der Waals surface area contributed by atoms with Crippen molar-refractivity contribution >= 4 is 22.4 Å². The first kappa shape index (κ1) is 11.5. The summed E-state index contributed by atoms with van der Waals surface area (Å²) in [5, 5.41) is 7.09. The Morgan fingerprint density at radius 2 is 1.94 bits per heavy atom. The van der Waals surface area contributed by atoms with Crippen molar-refractivity contribution in [3.05, 3.63) is 12.1 Å². The summed E-state index contributed by atoms with van der Waals surface area (Å²) >= 11 is 0. The number of nitrogens with zero attached hydrogens (tertiary/aromatic N) is 3. The highest BCUT2D eigenvalue weighted by Crippen LogP contribution is 2.29. The topological polar surface area (TPSA) is 68.2 Å². The molecule has 92 valence electrons. The van der Waals surface area contributed by atoms with Crippen molar-refractivity contribution in [1.82, 2.24) is 10.3 Å². The molecule has 0 aliphatic heterocycles. The molecule has 0 atom stereocenters. The Labute approximate surface area is 93.9 Å². The van der Waals surface area contributed by atoms with E-state index < -0.39 is 12.7 Å². The minimum absolute atomic E-state index is 0.219. The molecule has 1 aromatic heterocycles. The van der Waals surface area contributed by atoms with Crippen molar-refractivity contribution in [1.29, 1.82) is 0 Å². The van der Waals surface area contributed by atoms with Crippen LogP contribution in [0, 0.1) is 0 Å². The number of nitrogens with two attached hydrogens (primary N) is 1. The number of halogens is 3. The lowest BCUT2D eigenvalue weighted by Crippen LogP contribution is -2.31. The van der Waals surface area contributed by atoms with Crippen LogP contribution in [0.15, 0.2) is 16.8 Å². The number of nitrogen functional groups attached to an aromatic ring is 1. The molecule has 1 aromatic carbocycles. The first-order valence-electron chi connectivity index (χ1n) is 4.67. The largest absolute Gasteiger partial charge is 0.405 e. The molecule has 2 aromatic rings. The molecule has 8 heteroatoms. The van der Waals surface area contributed by atoms with Crippen molar-refractivity contribution in [2.24, 2.45) is 0 Å². The van der Waals surface area contributed by atoms with Gasteiger partial charge < -0.3 is 10.6 Å². The SMILES string of the molecule is CN(CC(F)(F)F)c1ccc(N)c2nonc12. The number of anilines is 2. The highest BCUT2D eigenvalue weighted by Gasteiger charge is 2.30. The highest BCUT2D eigenvalue weighted by molar-refractivity contribution is 5.95. The van der Waals surface area contributed by atoms with Crippen LogP contribution in [0.4, 0.5) is 24.5 Å². The molecule has 2 N–H and O–H groups in total. The molecule has 0 amide bonds. The van der Waals surface area contributed by atoms with E-state index in [1.807, 2.05) is 0 Å². The maximum absolute atomic E-state index is 12.3. The highest BCUT2D eigenvalue weighted by atomic mass is 19.4. The molecular weight excluding hydrogens is 237 g/mol. The molecular formula is C9H9F3N4O. The molecule has 2 rings (SSSR count). The normalized spacial score (nSPS) is 12.0. The first-order chi connectivity index (χ1) is 7.88. The van der Waals surface area contributed by atoms with Gasteiger partial charge in [-0.1, -0.05) is 0 Å². The van der Waals surface area contributed by atoms with Crippen LogP contribution in [0.25, 0.3) is 11.0 Å². The molecule has 5 nitrogen and oxygen atoms in total. The van der Waals surface area contributed by atoms with Crippen LogP contribution in [-0.2, 0) is 0 Å². The average molecular weight is 246 g/mol. The second-order valence-electron chi connectivity index (χ2n) is 3.61. The molecule has 0 unspecified atom stereocenters. The van der Waals surface area contributed by atoms with Crippen molar-refractivity contribution in [2.45, 2.75) is 6.18 Å². The molecule has 0 saturated carbocycles. The van der Waals surface area contributed by atoms with Crippen LogP contribution in [0.3, 0.4) is 0 Å². The molecule has 17 heavy (non-hydrogen) atoms. The molecule has 0 aliphatic carbocycles. The Balaban J connectivity index is 2.42. The Bertz CT molecular complexity index is 537. The lowest BCUT2D eigenvalue weighted by molar-refractivity contribution is -0.119. The maximum Gasteiger partial charge on any atom is 0.405 e. The Morgan fingerprint density at radius 3 is 2.59 bits per heavy atom. The average Bonchev–Trinajstić information content (AvgIpc) is 2.64. The monoisotopic (exact) mass is 246 g/mol. The summed E-state index contributed by atoms with van der Waals surface area (Å²) in [6.07, 6.45) is -4.29. The van der Waals surface area contributed by atoms with Crippen LogP contribution >= 0.6 is 0 Å². The Morgan fingerprint density at radius 1 is 1.29 bits per heavy atom. The summed E-state index contributed by atoms with van der Waals surface area (Å²) in [6.45, 7) is -1.08. The molecule has 0 fully saturated rings. The van der Waals surface area contributed by atoms with Gasteiger partial charge in [-0.15, -0.1) is 0 Å². The second kappa shape index (κ2) is 3.79. The quantitative estimate of drug-likeness (QED) is 0.818. The van der Waals surface area contributed by atoms with Gasteiger partial charge in [0.15, 0.2) is 11.0 Å². The third-order valence-corrected chi connectivity index (χ3v) is 2.25. The van der Waals surface area contributed by atoms with Gasteiger partial charge in [-0.3, -0.25) is 0 Å². The third kappa shape index (κ3) is 2.24. The molecule has 0 saturated heterocycles. The number of benzene rings is 1. The van der Waals surface area contributed by atoms with Crippen molar-refractivity contribution in [3.8, 4) is 0 Å². The van der Waals surface area contributed by atoms with Gasteiger partial charge in [-0.2, -0.15) is 13.2 Å². The van der Waals surface area contributed by atoms with Gasteiger partial charge in [0.1, 0.15) is 6.54 Å². The summed E-state index contributed by atoms with van der Waals surface area (Å²) in [4.78, 5) is 1.02. The van der Waals surface area contributed by atoms with Gasteiger partial charge in [0.05, 0.1) is 11.4 Å². The van der Waals surface area contributed by atoms with E-state index in [0.717, 1.165) is 4.90 Å². The zero-order chi connectivity index (χ0) is 12.6. The standard InChI is InChI=1S/C9H9F3N4O/c1-16(4-9(10,11)12)6-3-2-5(13)7-8(6)15-17-14-7/h2-3H,4,13H2,1H3. The minimum atomic E-state index is -4.29. The van der Waals surface area contributed by atoms with E-state index in [4.69, 9.17) is 5.73 Å². The van der Waals surface area contributed by atoms with Crippen LogP contribution in [0.1, 0.15) is 0 Å². The zero-order valence-electron chi connectivity index (χ0n) is 8.82. The lowest BCUT2D eigenvalue weighted by atomic mass is 10.2. The molecule has 0 aliphatic rings. The van der Waals surface area contributed by atoms with E-state index in [1.54, 1.807) is 0 Å². The van der Waals surface area contributed by atoms with Crippen LogP contribution in [-0.4, -0.2) is 30.1 Å². The third-order valence-electron chi connectivity index (χ3n) is 2.25. The number of hydrogen-bond donors (Lipinski definition) is 1. The Kier molecular flexibility index (Phi) is 2.56. The summed E-state index contributed by atoms with van der Waals surface area (Å²) in [6, 6.07) is 2.92. The van der Waals surface area contributed by atoms with Crippen molar-refractivity contribution in [2.75, 3.05) is 24.2 Å². The molecule has 0 bridgehead atoms. The first-order valence-corrected chi connectivity index (χ1v) is 4.67. The fraction of sp³-hybridized carbons (Fsp3) is 0.333. The van der Waals surface area contributed by atoms with E-state index in [0.29, 0.717) is 5.69 Å². The fourth-order valence-electron chi connectivity index (χ4n) is 1.53. The van der Waals surface area contributed by atoms with Crippen molar-refractivity contribution < 1.29 is 17.8 Å². The van der Waals surface area contributed by atoms with E-state index >= 15 is 0 Å². The van der Waals surface area contributed by atoms with Crippen molar-refractivity contribution in [3.63, 3.8) is 0 Å². The van der Waals surface area contributed by atoms with Gasteiger partial charge in [-0.05, 0) is 22.4 Å². The van der Waals surface area contributed by atoms with Crippen LogP contribution in [0.2, 0.25) is 0 Å². The maximum atomic E-state index is 12.3. The smallest absolute Gasteiger partial charge is 0.397 e. The van der Waals surface area contributed by atoms with E-state index in [1.165, 1.54) is 19.2 Å². The summed E-state index contributed by atoms with van der Waals surface area (Å²) < 4.78 is 41.3. The number of fused-ring (bicyclic) bond motifs is 1. The number of alkyl halides is 3. The number of hydrogen-bond acceptors (Lipinski definition) is 5. The van der Waals surface area contributed by atoms with Gasteiger partial charge in [0, 0.05) is 7.05 Å². The fourth-order valence-corrected chi connectivity index (χ4v) is 1.53. The van der Waals surface area contributed by atoms with Gasteiger partial charge in [-0.25, -0.2) is 4.63 Å². The van der Waals surface area contributed by atoms with E-state index in [9.17, 15) is 13.2 Å². The summed E-state index contributed by atoms with van der Waals surface area (Å²) in [7, 11) is 1.31.